The van der Waals surface area contributed by atoms with Gasteiger partial charge in [0, 0.05) is 32.4 Å². The van der Waals surface area contributed by atoms with Gasteiger partial charge in [-0.3, -0.25) is 9.67 Å². The van der Waals surface area contributed by atoms with E-state index in [2.05, 4.69) is 58.0 Å². The summed E-state index contributed by atoms with van der Waals surface area (Å²) in [6.07, 6.45) is 0.978. The molecule has 0 saturated carbocycles. The van der Waals surface area contributed by atoms with Crippen molar-refractivity contribution >= 4 is 5.96 Å². The highest BCUT2D eigenvalue weighted by atomic mass is 16.5. The molecule has 0 atom stereocenters. The molecule has 3 aromatic rings. The Morgan fingerprint density at radius 1 is 1.00 bits per heavy atom. The van der Waals surface area contributed by atoms with E-state index >= 15 is 0 Å². The molecule has 0 saturated heterocycles. The summed E-state index contributed by atoms with van der Waals surface area (Å²) in [5, 5.41) is 11.2. The first-order valence-corrected chi connectivity index (χ1v) is 10.4. The molecule has 6 heteroatoms. The highest BCUT2D eigenvalue weighted by Gasteiger charge is 2.03. The molecule has 6 nitrogen and oxygen atoms in total. The zero-order chi connectivity index (χ0) is 21.2. The summed E-state index contributed by atoms with van der Waals surface area (Å²) in [6.45, 7) is 7.08. The van der Waals surface area contributed by atoms with Crippen molar-refractivity contribution in [3.05, 3.63) is 83.2 Å². The molecule has 2 N–H and O–H groups in total. The Morgan fingerprint density at radius 3 is 2.53 bits per heavy atom. The van der Waals surface area contributed by atoms with Gasteiger partial charge in [0.2, 0.25) is 0 Å². The summed E-state index contributed by atoms with van der Waals surface area (Å²) in [7, 11) is 1.79. The van der Waals surface area contributed by atoms with E-state index < -0.39 is 0 Å². The maximum absolute atomic E-state index is 5.92. The van der Waals surface area contributed by atoms with Gasteiger partial charge in [-0.25, -0.2) is 0 Å². The molecule has 1 heterocycles. The number of rotatable bonds is 9. The standard InChI is InChI=1S/C24H31N5O/c1-19-15-20(2)29(28-19)14-8-13-26-24(25-3)27-17-22-11-7-12-23(16-22)30-18-21-9-5-4-6-10-21/h4-7,9-12,15-16H,8,13-14,17-18H2,1-3H3,(H2,25,26,27). The first kappa shape index (κ1) is 21.4. The smallest absolute Gasteiger partial charge is 0.191 e. The monoisotopic (exact) mass is 405 g/mol. The number of aryl methyl sites for hydroxylation is 3. The van der Waals surface area contributed by atoms with Crippen molar-refractivity contribution in [1.82, 2.24) is 20.4 Å². The SMILES string of the molecule is CN=C(NCCCn1nc(C)cc1C)NCc1cccc(OCc2ccccc2)c1. The summed E-state index contributed by atoms with van der Waals surface area (Å²) in [6, 6.07) is 20.4. The number of benzene rings is 2. The lowest BCUT2D eigenvalue weighted by Gasteiger charge is -2.13. The number of ether oxygens (including phenoxy) is 1. The third kappa shape index (κ3) is 6.65. The van der Waals surface area contributed by atoms with Crippen molar-refractivity contribution in [1.29, 1.82) is 0 Å². The van der Waals surface area contributed by atoms with E-state index in [4.69, 9.17) is 4.74 Å². The Morgan fingerprint density at radius 2 is 1.80 bits per heavy atom. The van der Waals surface area contributed by atoms with Crippen molar-refractivity contribution in [2.24, 2.45) is 4.99 Å². The maximum Gasteiger partial charge on any atom is 0.191 e. The molecule has 0 unspecified atom stereocenters. The second-order valence-electron chi connectivity index (χ2n) is 7.28. The second-order valence-corrected chi connectivity index (χ2v) is 7.28. The van der Waals surface area contributed by atoms with E-state index in [1.165, 1.54) is 5.69 Å². The van der Waals surface area contributed by atoms with E-state index in [0.717, 1.165) is 48.0 Å². The van der Waals surface area contributed by atoms with Crippen molar-refractivity contribution in [3.8, 4) is 5.75 Å². The first-order chi connectivity index (χ1) is 14.6. The molecule has 158 valence electrons. The average molecular weight is 406 g/mol. The van der Waals surface area contributed by atoms with Gasteiger partial charge >= 0.3 is 0 Å². The molecular weight excluding hydrogens is 374 g/mol. The van der Waals surface area contributed by atoms with Gasteiger partial charge < -0.3 is 15.4 Å². The predicted octanol–water partition coefficient (Wildman–Crippen LogP) is 3.83. The number of guanidine groups is 1. The molecule has 0 aliphatic carbocycles. The zero-order valence-electron chi connectivity index (χ0n) is 18.1. The average Bonchev–Trinajstić information content (AvgIpc) is 3.09. The van der Waals surface area contributed by atoms with Crippen molar-refractivity contribution < 1.29 is 4.74 Å². The van der Waals surface area contributed by atoms with E-state index in [9.17, 15) is 0 Å². The van der Waals surface area contributed by atoms with Crippen LogP contribution >= 0.6 is 0 Å². The van der Waals surface area contributed by atoms with Gasteiger partial charge in [0.05, 0.1) is 5.69 Å². The van der Waals surface area contributed by atoms with Crippen LogP contribution in [0.1, 0.15) is 28.9 Å². The van der Waals surface area contributed by atoms with Gasteiger partial charge in [-0.1, -0.05) is 42.5 Å². The van der Waals surface area contributed by atoms with Gasteiger partial charge in [0.1, 0.15) is 12.4 Å². The topological polar surface area (TPSA) is 63.5 Å². The summed E-state index contributed by atoms with van der Waals surface area (Å²) < 4.78 is 7.97. The number of nitrogens with zero attached hydrogens (tertiary/aromatic N) is 3. The van der Waals surface area contributed by atoms with Crippen LogP contribution in [0.4, 0.5) is 0 Å². The second kappa shape index (κ2) is 11.0. The summed E-state index contributed by atoms with van der Waals surface area (Å²) >= 11 is 0. The van der Waals surface area contributed by atoms with Crippen LogP contribution in [-0.2, 0) is 19.7 Å². The number of hydrogen-bond acceptors (Lipinski definition) is 3. The van der Waals surface area contributed by atoms with E-state index in [-0.39, 0.29) is 0 Å². The minimum absolute atomic E-state index is 0.566. The molecule has 3 rings (SSSR count). The third-order valence-electron chi connectivity index (χ3n) is 4.77. The quantitative estimate of drug-likeness (QED) is 0.323. The van der Waals surface area contributed by atoms with Crippen LogP contribution < -0.4 is 15.4 Å². The lowest BCUT2D eigenvalue weighted by atomic mass is 10.2. The molecule has 0 aliphatic heterocycles. The van der Waals surface area contributed by atoms with Gasteiger partial charge in [-0.05, 0) is 49.6 Å². The van der Waals surface area contributed by atoms with Crippen LogP contribution in [0.5, 0.6) is 5.75 Å². The van der Waals surface area contributed by atoms with E-state index in [1.54, 1.807) is 7.05 Å². The van der Waals surface area contributed by atoms with Gasteiger partial charge in [0.15, 0.2) is 5.96 Å². The maximum atomic E-state index is 5.92. The van der Waals surface area contributed by atoms with Gasteiger partial charge in [-0.15, -0.1) is 0 Å². The molecular formula is C24H31N5O. The van der Waals surface area contributed by atoms with Crippen molar-refractivity contribution in [3.63, 3.8) is 0 Å². The van der Waals surface area contributed by atoms with E-state index in [0.29, 0.717) is 13.2 Å². The van der Waals surface area contributed by atoms with E-state index in [1.807, 2.05) is 41.9 Å². The lowest BCUT2D eigenvalue weighted by molar-refractivity contribution is 0.306. The fraction of sp³-hybridized carbons (Fsp3) is 0.333. The largest absolute Gasteiger partial charge is 0.489 e. The van der Waals surface area contributed by atoms with Crippen molar-refractivity contribution in [2.45, 2.75) is 40.0 Å². The lowest BCUT2D eigenvalue weighted by Crippen LogP contribution is -2.37. The zero-order valence-corrected chi connectivity index (χ0v) is 18.1. The number of aliphatic imine (C=N–C) groups is 1. The fourth-order valence-corrected chi connectivity index (χ4v) is 3.23. The first-order valence-electron chi connectivity index (χ1n) is 10.4. The Kier molecular flexibility index (Phi) is 7.89. The molecule has 0 aliphatic rings. The Bertz CT molecular complexity index is 949. The minimum Gasteiger partial charge on any atom is -0.489 e. The number of nitrogens with one attached hydrogen (secondary N) is 2. The molecule has 30 heavy (non-hydrogen) atoms. The van der Waals surface area contributed by atoms with Gasteiger partial charge in [0.25, 0.3) is 0 Å². The van der Waals surface area contributed by atoms with Crippen LogP contribution in [0.15, 0.2) is 65.7 Å². The Balaban J connectivity index is 1.41. The number of hydrogen-bond donors (Lipinski definition) is 2. The predicted molar refractivity (Wildman–Crippen MR) is 122 cm³/mol. The molecule has 0 spiro atoms. The normalized spacial score (nSPS) is 11.4. The minimum atomic E-state index is 0.566. The van der Waals surface area contributed by atoms with Gasteiger partial charge in [-0.2, -0.15) is 5.10 Å². The fourth-order valence-electron chi connectivity index (χ4n) is 3.23. The molecule has 0 bridgehead atoms. The third-order valence-corrected chi connectivity index (χ3v) is 4.77. The highest BCUT2D eigenvalue weighted by molar-refractivity contribution is 5.79. The summed E-state index contributed by atoms with van der Waals surface area (Å²) in [5.41, 5.74) is 4.56. The van der Waals surface area contributed by atoms with Crippen LogP contribution in [0.2, 0.25) is 0 Å². The van der Waals surface area contributed by atoms with Crippen LogP contribution in [0.3, 0.4) is 0 Å². The molecule has 1 aromatic heterocycles. The molecule has 2 aromatic carbocycles. The van der Waals surface area contributed by atoms with Crippen molar-refractivity contribution in [2.75, 3.05) is 13.6 Å². The van der Waals surface area contributed by atoms with Crippen LogP contribution in [0.25, 0.3) is 0 Å². The Labute approximate surface area is 179 Å². The molecule has 0 fully saturated rings. The van der Waals surface area contributed by atoms with Crippen LogP contribution in [0, 0.1) is 13.8 Å². The summed E-state index contributed by atoms with van der Waals surface area (Å²) in [4.78, 5) is 4.31. The highest BCUT2D eigenvalue weighted by Crippen LogP contribution is 2.15. The number of aromatic nitrogens is 2. The molecule has 0 amide bonds. The molecule has 0 radical (unpaired) electrons. The Hall–Kier alpha value is -3.28. The summed E-state index contributed by atoms with van der Waals surface area (Å²) in [5.74, 6) is 1.66. The van der Waals surface area contributed by atoms with Crippen LogP contribution in [-0.4, -0.2) is 29.3 Å².